The second kappa shape index (κ2) is 6.92. The lowest BCUT2D eigenvalue weighted by Gasteiger charge is -2.34. The van der Waals surface area contributed by atoms with Gasteiger partial charge in [-0.25, -0.2) is 0 Å². The van der Waals surface area contributed by atoms with Crippen LogP contribution in [0.15, 0.2) is 18.2 Å². The molecule has 21 heavy (non-hydrogen) atoms. The van der Waals surface area contributed by atoms with Crippen molar-refractivity contribution < 1.29 is 4.79 Å². The van der Waals surface area contributed by atoms with Gasteiger partial charge >= 0.3 is 0 Å². The molecule has 0 saturated carbocycles. The van der Waals surface area contributed by atoms with Crippen molar-refractivity contribution >= 4 is 18.9 Å². The van der Waals surface area contributed by atoms with Crippen LogP contribution < -0.4 is 5.32 Å². The minimum absolute atomic E-state index is 0.196. The van der Waals surface area contributed by atoms with Gasteiger partial charge in [0.2, 0.25) is 0 Å². The van der Waals surface area contributed by atoms with E-state index >= 15 is 0 Å². The van der Waals surface area contributed by atoms with Crippen LogP contribution in [0.1, 0.15) is 44.2 Å². The zero-order valence-electron chi connectivity index (χ0n) is 13.9. The Kier molecular flexibility index (Phi) is 5.43. The van der Waals surface area contributed by atoms with E-state index in [1.54, 1.807) is 0 Å². The molecular formula is C18H29NOP+. The van der Waals surface area contributed by atoms with Crippen molar-refractivity contribution in [2.75, 3.05) is 23.8 Å². The van der Waals surface area contributed by atoms with Gasteiger partial charge in [-0.2, -0.15) is 0 Å². The quantitative estimate of drug-likeness (QED) is 0.791. The van der Waals surface area contributed by atoms with E-state index < -0.39 is 7.26 Å². The molecule has 1 aliphatic rings. The van der Waals surface area contributed by atoms with Gasteiger partial charge < -0.3 is 5.32 Å². The van der Waals surface area contributed by atoms with Crippen LogP contribution in [-0.4, -0.2) is 30.1 Å². The summed E-state index contributed by atoms with van der Waals surface area (Å²) >= 11 is 0. The van der Waals surface area contributed by atoms with Gasteiger partial charge in [-0.3, -0.25) is 4.79 Å². The predicted octanol–water partition coefficient (Wildman–Crippen LogP) is 4.85. The Balaban J connectivity index is 2.15. The van der Waals surface area contributed by atoms with Crippen LogP contribution in [0.2, 0.25) is 0 Å². The number of rotatable bonds is 4. The second-order valence-corrected chi connectivity index (χ2v) is 11.2. The van der Waals surface area contributed by atoms with E-state index in [9.17, 15) is 4.79 Å². The minimum Gasteiger partial charge on any atom is -0.322 e. The largest absolute Gasteiger partial charge is 0.322 e. The number of amides is 1. The first-order valence-corrected chi connectivity index (χ1v) is 10.6. The topological polar surface area (TPSA) is 29.1 Å². The molecule has 1 heterocycles. The minimum atomic E-state index is -1.10. The molecule has 1 unspecified atom stereocenters. The molecule has 1 aliphatic heterocycles. The Hall–Kier alpha value is -0.880. The molecule has 0 aliphatic carbocycles. The highest BCUT2D eigenvalue weighted by Gasteiger charge is 2.46. The van der Waals surface area contributed by atoms with E-state index in [-0.39, 0.29) is 11.6 Å². The summed E-state index contributed by atoms with van der Waals surface area (Å²) in [5.41, 5.74) is 3.52. The summed E-state index contributed by atoms with van der Waals surface area (Å²) in [5, 5.41) is 3.22. The van der Waals surface area contributed by atoms with E-state index in [1.807, 2.05) is 6.07 Å². The summed E-state index contributed by atoms with van der Waals surface area (Å²) < 4.78 is 0. The lowest BCUT2D eigenvalue weighted by atomic mass is 10.1. The van der Waals surface area contributed by atoms with Crippen LogP contribution in [0.4, 0.5) is 5.69 Å². The fraction of sp³-hybridized carbons (Fsp3) is 0.611. The fourth-order valence-electron chi connectivity index (χ4n) is 3.61. The fourth-order valence-corrected chi connectivity index (χ4v) is 8.05. The molecule has 0 aromatic heterocycles. The average molecular weight is 306 g/mol. The molecule has 1 aromatic rings. The van der Waals surface area contributed by atoms with Crippen molar-refractivity contribution in [1.82, 2.24) is 0 Å². The lowest BCUT2D eigenvalue weighted by molar-refractivity contribution is -0.115. The molecule has 116 valence electrons. The number of anilines is 1. The Morgan fingerprint density at radius 3 is 2.29 bits per heavy atom. The number of hydrogen-bond donors (Lipinski definition) is 1. The number of nitrogens with one attached hydrogen (secondary N) is 1. The first-order valence-electron chi connectivity index (χ1n) is 8.23. The van der Waals surface area contributed by atoms with Crippen LogP contribution >= 0.6 is 7.26 Å². The highest BCUT2D eigenvalue weighted by Crippen LogP contribution is 2.65. The summed E-state index contributed by atoms with van der Waals surface area (Å²) in [7, 11) is -1.10. The van der Waals surface area contributed by atoms with Crippen LogP contribution in [-0.2, 0) is 4.79 Å². The monoisotopic (exact) mass is 306 g/mol. The van der Waals surface area contributed by atoms with Gasteiger partial charge in [0.25, 0.3) is 5.91 Å². The van der Waals surface area contributed by atoms with Crippen molar-refractivity contribution in [3.8, 4) is 0 Å². The van der Waals surface area contributed by atoms with Gasteiger partial charge in [0, 0.05) is 12.9 Å². The van der Waals surface area contributed by atoms with Crippen LogP contribution in [0.25, 0.3) is 0 Å². The van der Waals surface area contributed by atoms with Crippen LogP contribution in [0, 0.1) is 13.8 Å². The summed E-state index contributed by atoms with van der Waals surface area (Å²) in [6, 6.07) is 6.18. The molecule has 2 nitrogen and oxygen atoms in total. The van der Waals surface area contributed by atoms with Crippen molar-refractivity contribution in [3.05, 3.63) is 29.3 Å². The number of carbonyl (C=O) groups is 1. The van der Waals surface area contributed by atoms with E-state index in [4.69, 9.17) is 0 Å². The highest BCUT2D eigenvalue weighted by atomic mass is 31.2. The maximum Gasteiger partial charge on any atom is 0.264 e. The Labute approximate surface area is 130 Å². The normalized spacial score (nSPS) is 19.0. The lowest BCUT2D eigenvalue weighted by Crippen LogP contribution is -2.33. The van der Waals surface area contributed by atoms with Gasteiger partial charge in [0.15, 0.2) is 0 Å². The van der Waals surface area contributed by atoms with Gasteiger partial charge in [-0.15, -0.1) is 0 Å². The van der Waals surface area contributed by atoms with Crippen molar-refractivity contribution in [2.24, 2.45) is 0 Å². The Morgan fingerprint density at radius 1 is 1.19 bits per heavy atom. The molecule has 1 N–H and O–H groups in total. The zero-order chi connectivity index (χ0) is 15.5. The Bertz CT molecular complexity index is 486. The molecule has 0 bridgehead atoms. The number of para-hydroxylation sites is 1. The number of hydrogen-bond acceptors (Lipinski definition) is 1. The van der Waals surface area contributed by atoms with E-state index in [0.717, 1.165) is 16.8 Å². The van der Waals surface area contributed by atoms with Gasteiger partial charge in [-0.05, 0) is 58.1 Å². The molecule has 1 amide bonds. The number of benzene rings is 1. The molecule has 3 heteroatoms. The summed E-state index contributed by atoms with van der Waals surface area (Å²) in [4.78, 5) is 12.8. The SMILES string of the molecule is CC[P+]1(C(C)C(=O)Nc2c(C)cccc2C)CCCCC1. The number of carbonyl (C=O) groups excluding carboxylic acids is 1. The molecular weight excluding hydrogens is 277 g/mol. The molecule has 0 spiro atoms. The molecule has 1 saturated heterocycles. The molecule has 2 rings (SSSR count). The van der Waals surface area contributed by atoms with Crippen molar-refractivity contribution in [2.45, 2.75) is 52.6 Å². The molecule has 1 fully saturated rings. The van der Waals surface area contributed by atoms with Crippen LogP contribution in [0.3, 0.4) is 0 Å². The third-order valence-electron chi connectivity index (χ3n) is 5.27. The third-order valence-corrected chi connectivity index (χ3v) is 10.8. The third kappa shape index (κ3) is 3.48. The molecule has 1 aromatic carbocycles. The highest BCUT2D eigenvalue weighted by molar-refractivity contribution is 7.77. The first kappa shape index (κ1) is 16.5. The standard InChI is InChI=1S/C18H28NOP/c1-5-21(12-7-6-8-13-21)16(4)18(20)19-17-14(2)10-9-11-15(17)3/h9-11,16H,5-8,12-13H2,1-4H3/p+1. The smallest absolute Gasteiger partial charge is 0.264 e. The summed E-state index contributed by atoms with van der Waals surface area (Å²) in [6.07, 6.45) is 7.84. The van der Waals surface area contributed by atoms with E-state index in [2.05, 4.69) is 45.1 Å². The van der Waals surface area contributed by atoms with Gasteiger partial charge in [0.05, 0.1) is 18.5 Å². The molecule has 1 atom stereocenters. The van der Waals surface area contributed by atoms with Crippen molar-refractivity contribution in [3.63, 3.8) is 0 Å². The summed E-state index contributed by atoms with van der Waals surface area (Å²) in [5.74, 6) is 0.240. The molecule has 0 radical (unpaired) electrons. The predicted molar refractivity (Wildman–Crippen MR) is 95.1 cm³/mol. The van der Waals surface area contributed by atoms with Crippen LogP contribution in [0.5, 0.6) is 0 Å². The van der Waals surface area contributed by atoms with E-state index in [0.29, 0.717) is 0 Å². The maximum absolute atomic E-state index is 12.8. The first-order chi connectivity index (χ1) is 10.00. The zero-order valence-corrected chi connectivity index (χ0v) is 14.8. The van der Waals surface area contributed by atoms with E-state index in [1.165, 1.54) is 37.7 Å². The van der Waals surface area contributed by atoms with Crippen molar-refractivity contribution in [1.29, 1.82) is 0 Å². The van der Waals surface area contributed by atoms with Gasteiger partial charge in [0.1, 0.15) is 5.66 Å². The Morgan fingerprint density at radius 2 is 1.76 bits per heavy atom. The average Bonchev–Trinajstić information content (AvgIpc) is 2.50. The van der Waals surface area contributed by atoms with Gasteiger partial charge in [-0.1, -0.05) is 18.2 Å². The number of aryl methyl sites for hydroxylation is 2. The summed E-state index contributed by atoms with van der Waals surface area (Å²) in [6.45, 7) is 8.60. The second-order valence-electron chi connectivity index (χ2n) is 6.47. The maximum atomic E-state index is 12.8.